The van der Waals surface area contributed by atoms with Crippen LogP contribution in [0.5, 0.6) is 0 Å². The Morgan fingerprint density at radius 2 is 2.24 bits per heavy atom. The van der Waals surface area contributed by atoms with Gasteiger partial charge in [-0.2, -0.15) is 0 Å². The number of imidazole rings is 1. The maximum absolute atomic E-state index is 13.5. The van der Waals surface area contributed by atoms with E-state index in [2.05, 4.69) is 10.3 Å². The number of amides is 1. The van der Waals surface area contributed by atoms with Crippen molar-refractivity contribution in [2.75, 3.05) is 11.1 Å². The second-order valence-electron chi connectivity index (χ2n) is 5.17. The van der Waals surface area contributed by atoms with E-state index in [1.54, 1.807) is 6.20 Å². The molecule has 6 heteroatoms. The summed E-state index contributed by atoms with van der Waals surface area (Å²) in [6.07, 6.45) is 3.79. The van der Waals surface area contributed by atoms with Gasteiger partial charge in [0.2, 0.25) is 5.91 Å². The Labute approximate surface area is 123 Å². The highest BCUT2D eigenvalue weighted by Gasteiger charge is 2.10. The van der Waals surface area contributed by atoms with E-state index in [9.17, 15) is 9.18 Å². The molecule has 0 aliphatic rings. The van der Waals surface area contributed by atoms with Gasteiger partial charge < -0.3 is 15.6 Å². The van der Waals surface area contributed by atoms with Crippen molar-refractivity contribution in [2.45, 2.75) is 32.7 Å². The number of hydrogen-bond donors (Lipinski definition) is 2. The van der Waals surface area contributed by atoms with Crippen LogP contribution in [-0.2, 0) is 11.3 Å². The smallest absolute Gasteiger partial charge is 0.226 e. The summed E-state index contributed by atoms with van der Waals surface area (Å²) in [6, 6.07) is 4.09. The second-order valence-corrected chi connectivity index (χ2v) is 5.17. The summed E-state index contributed by atoms with van der Waals surface area (Å²) in [4.78, 5) is 16.2. The first-order valence-electron chi connectivity index (χ1n) is 6.83. The molecule has 1 amide bonds. The summed E-state index contributed by atoms with van der Waals surface area (Å²) >= 11 is 0. The van der Waals surface area contributed by atoms with Crippen LogP contribution in [0.15, 0.2) is 30.6 Å². The van der Waals surface area contributed by atoms with Crippen molar-refractivity contribution in [1.82, 2.24) is 9.55 Å². The lowest BCUT2D eigenvalue weighted by Crippen LogP contribution is -2.16. The van der Waals surface area contributed by atoms with Gasteiger partial charge >= 0.3 is 0 Å². The van der Waals surface area contributed by atoms with Crippen LogP contribution >= 0.6 is 0 Å². The minimum atomic E-state index is -0.497. The van der Waals surface area contributed by atoms with E-state index in [-0.39, 0.29) is 23.9 Å². The Morgan fingerprint density at radius 3 is 2.95 bits per heavy atom. The number of rotatable bonds is 5. The number of carbonyl (C=O) groups excluding carboxylic acids is 1. The minimum absolute atomic E-state index is 0.106. The van der Waals surface area contributed by atoms with Crippen molar-refractivity contribution in [1.29, 1.82) is 0 Å². The predicted molar refractivity (Wildman–Crippen MR) is 80.4 cm³/mol. The molecule has 0 radical (unpaired) electrons. The predicted octanol–water partition coefficient (Wildman–Crippen LogP) is 2.76. The van der Waals surface area contributed by atoms with E-state index in [0.29, 0.717) is 12.2 Å². The SMILES string of the molecule is CC(C)c1nccn1CCC(=O)Nc1cc(N)ccc1F. The van der Waals surface area contributed by atoms with Gasteiger partial charge in [0.1, 0.15) is 11.6 Å². The third kappa shape index (κ3) is 3.81. The van der Waals surface area contributed by atoms with Gasteiger partial charge in [-0.15, -0.1) is 0 Å². The number of nitrogens with one attached hydrogen (secondary N) is 1. The molecule has 2 rings (SSSR count). The molecule has 0 saturated carbocycles. The number of halogens is 1. The Bertz CT molecular complexity index is 636. The van der Waals surface area contributed by atoms with E-state index < -0.39 is 5.82 Å². The fourth-order valence-corrected chi connectivity index (χ4v) is 2.08. The number of anilines is 2. The lowest BCUT2D eigenvalue weighted by atomic mass is 10.2. The average Bonchev–Trinajstić information content (AvgIpc) is 2.89. The molecule has 3 N–H and O–H groups in total. The lowest BCUT2D eigenvalue weighted by Gasteiger charge is -2.11. The highest BCUT2D eigenvalue weighted by molar-refractivity contribution is 5.91. The van der Waals surface area contributed by atoms with Crippen molar-refractivity contribution in [3.63, 3.8) is 0 Å². The zero-order valence-corrected chi connectivity index (χ0v) is 12.1. The van der Waals surface area contributed by atoms with Gasteiger partial charge in [0, 0.05) is 37.0 Å². The summed E-state index contributed by atoms with van der Waals surface area (Å²) in [6.45, 7) is 4.59. The lowest BCUT2D eigenvalue weighted by molar-refractivity contribution is -0.116. The molecule has 2 aromatic rings. The van der Waals surface area contributed by atoms with Crippen LogP contribution in [-0.4, -0.2) is 15.5 Å². The zero-order valence-electron chi connectivity index (χ0n) is 12.1. The van der Waals surface area contributed by atoms with Crippen molar-refractivity contribution in [3.05, 3.63) is 42.2 Å². The first kappa shape index (κ1) is 15.0. The maximum atomic E-state index is 13.5. The molecular weight excluding hydrogens is 271 g/mol. The number of nitrogens with zero attached hydrogens (tertiary/aromatic N) is 2. The molecule has 21 heavy (non-hydrogen) atoms. The number of nitrogens with two attached hydrogens (primary N) is 1. The van der Waals surface area contributed by atoms with Crippen molar-refractivity contribution >= 4 is 17.3 Å². The van der Waals surface area contributed by atoms with E-state index >= 15 is 0 Å². The zero-order chi connectivity index (χ0) is 15.4. The number of nitrogen functional groups attached to an aromatic ring is 1. The third-order valence-corrected chi connectivity index (χ3v) is 3.11. The summed E-state index contributed by atoms with van der Waals surface area (Å²) < 4.78 is 15.5. The molecule has 0 spiro atoms. The molecule has 0 saturated heterocycles. The summed E-state index contributed by atoms with van der Waals surface area (Å²) in [5.74, 6) is 0.457. The van der Waals surface area contributed by atoms with Crippen molar-refractivity contribution in [3.8, 4) is 0 Å². The number of aromatic nitrogens is 2. The Balaban J connectivity index is 1.96. The van der Waals surface area contributed by atoms with Gasteiger partial charge in [-0.3, -0.25) is 4.79 Å². The Hall–Kier alpha value is -2.37. The van der Waals surface area contributed by atoms with E-state index in [1.165, 1.54) is 18.2 Å². The minimum Gasteiger partial charge on any atom is -0.399 e. The Kier molecular flexibility index (Phi) is 4.57. The molecule has 1 heterocycles. The fourth-order valence-electron chi connectivity index (χ4n) is 2.08. The van der Waals surface area contributed by atoms with Gasteiger partial charge in [-0.05, 0) is 18.2 Å². The van der Waals surface area contributed by atoms with E-state index in [1.807, 2.05) is 24.6 Å². The fraction of sp³-hybridized carbons (Fsp3) is 0.333. The molecule has 5 nitrogen and oxygen atoms in total. The molecular formula is C15H19FN4O. The Morgan fingerprint density at radius 1 is 1.48 bits per heavy atom. The van der Waals surface area contributed by atoms with E-state index in [0.717, 1.165) is 5.82 Å². The number of benzene rings is 1. The van der Waals surface area contributed by atoms with Gasteiger partial charge in [-0.1, -0.05) is 13.8 Å². The van der Waals surface area contributed by atoms with Gasteiger partial charge in [0.25, 0.3) is 0 Å². The molecule has 1 aromatic carbocycles. The highest BCUT2D eigenvalue weighted by Crippen LogP contribution is 2.18. The molecule has 0 bridgehead atoms. The second kappa shape index (κ2) is 6.39. The molecule has 0 aliphatic carbocycles. The van der Waals surface area contributed by atoms with Crippen LogP contribution in [0.2, 0.25) is 0 Å². The van der Waals surface area contributed by atoms with Crippen LogP contribution in [0.3, 0.4) is 0 Å². The van der Waals surface area contributed by atoms with Gasteiger partial charge in [-0.25, -0.2) is 9.37 Å². The average molecular weight is 290 g/mol. The van der Waals surface area contributed by atoms with Crippen LogP contribution in [0.4, 0.5) is 15.8 Å². The van der Waals surface area contributed by atoms with Gasteiger partial charge in [0.15, 0.2) is 0 Å². The largest absolute Gasteiger partial charge is 0.399 e. The molecule has 0 unspecified atom stereocenters. The number of aryl methyl sites for hydroxylation is 1. The standard InChI is InChI=1S/C15H19FN4O/c1-10(2)15-18-6-8-20(15)7-5-14(21)19-13-9-11(17)3-4-12(13)16/h3-4,6,8-10H,5,7,17H2,1-2H3,(H,19,21). The first-order valence-corrected chi connectivity index (χ1v) is 6.83. The number of hydrogen-bond acceptors (Lipinski definition) is 3. The van der Waals surface area contributed by atoms with Crippen LogP contribution in [0.25, 0.3) is 0 Å². The maximum Gasteiger partial charge on any atom is 0.226 e. The molecule has 0 fully saturated rings. The summed E-state index contributed by atoms with van der Waals surface area (Å²) in [7, 11) is 0. The summed E-state index contributed by atoms with van der Waals surface area (Å²) in [5.41, 5.74) is 6.09. The third-order valence-electron chi connectivity index (χ3n) is 3.11. The topological polar surface area (TPSA) is 72.9 Å². The molecule has 0 aliphatic heterocycles. The molecule has 1 aromatic heterocycles. The molecule has 112 valence electrons. The summed E-state index contributed by atoms with van der Waals surface area (Å²) in [5, 5.41) is 2.53. The van der Waals surface area contributed by atoms with Crippen LogP contribution < -0.4 is 11.1 Å². The molecule has 0 atom stereocenters. The quantitative estimate of drug-likeness (QED) is 0.832. The highest BCUT2D eigenvalue weighted by atomic mass is 19.1. The van der Waals surface area contributed by atoms with Crippen LogP contribution in [0, 0.1) is 5.82 Å². The normalized spacial score (nSPS) is 10.9. The number of carbonyl (C=O) groups is 1. The monoisotopic (exact) mass is 290 g/mol. The van der Waals surface area contributed by atoms with Gasteiger partial charge in [0.05, 0.1) is 5.69 Å². The van der Waals surface area contributed by atoms with E-state index in [4.69, 9.17) is 5.73 Å². The van der Waals surface area contributed by atoms with Crippen molar-refractivity contribution < 1.29 is 9.18 Å². The van der Waals surface area contributed by atoms with Crippen LogP contribution in [0.1, 0.15) is 32.0 Å². The van der Waals surface area contributed by atoms with Crippen molar-refractivity contribution in [2.24, 2.45) is 0 Å². The first-order chi connectivity index (χ1) is 9.97.